The minimum atomic E-state index is -4.50. The molecule has 0 saturated carbocycles. The number of nitrogens with zero attached hydrogens (tertiary/aromatic N) is 1. The van der Waals surface area contributed by atoms with Crippen LogP contribution in [0.15, 0.2) is 36.5 Å². The molecule has 1 aromatic carbocycles. The molecule has 0 bridgehead atoms. The highest BCUT2D eigenvalue weighted by molar-refractivity contribution is 6.32. The van der Waals surface area contributed by atoms with Crippen molar-refractivity contribution in [2.45, 2.75) is 24.4 Å². The van der Waals surface area contributed by atoms with Gasteiger partial charge in [0.25, 0.3) is 0 Å². The lowest BCUT2D eigenvalue weighted by Crippen LogP contribution is -2.40. The van der Waals surface area contributed by atoms with Crippen LogP contribution in [0.5, 0.6) is 0 Å². The largest absolute Gasteiger partial charge is 0.417 e. The number of anilines is 1. The van der Waals surface area contributed by atoms with Crippen molar-refractivity contribution in [3.05, 3.63) is 58.5 Å². The maximum Gasteiger partial charge on any atom is 0.417 e. The molecule has 3 rings (SSSR count). The van der Waals surface area contributed by atoms with Crippen molar-refractivity contribution >= 4 is 17.4 Å². The van der Waals surface area contributed by atoms with E-state index in [1.54, 1.807) is 6.07 Å². The second-order valence-corrected chi connectivity index (χ2v) is 6.72. The minimum absolute atomic E-state index is 0.110. The molecule has 0 amide bonds. The summed E-state index contributed by atoms with van der Waals surface area (Å²) in [5, 5.41) is 2.92. The van der Waals surface area contributed by atoms with Crippen LogP contribution in [-0.2, 0) is 16.3 Å². The smallest absolute Gasteiger partial charge is 0.381 e. The zero-order valence-corrected chi connectivity index (χ0v) is 14.5. The van der Waals surface area contributed by atoms with E-state index in [1.165, 1.54) is 12.1 Å². The molecule has 2 aromatic rings. The second-order valence-electron chi connectivity index (χ2n) is 6.31. The van der Waals surface area contributed by atoms with Gasteiger partial charge in [0.05, 0.1) is 10.6 Å². The number of alkyl halides is 3. The van der Waals surface area contributed by atoms with E-state index in [4.69, 9.17) is 16.3 Å². The topological polar surface area (TPSA) is 34.2 Å². The van der Waals surface area contributed by atoms with Crippen LogP contribution in [0, 0.1) is 5.82 Å². The van der Waals surface area contributed by atoms with Gasteiger partial charge in [0.2, 0.25) is 0 Å². The predicted octanol–water partition coefficient (Wildman–Crippen LogP) is 5.05. The van der Waals surface area contributed by atoms with Crippen molar-refractivity contribution in [2.75, 3.05) is 25.1 Å². The fraction of sp³-hybridized carbons (Fsp3) is 0.389. The Labute approximate surface area is 153 Å². The molecular formula is C18H17ClF4N2O. The molecule has 3 nitrogen and oxygen atoms in total. The van der Waals surface area contributed by atoms with Gasteiger partial charge in [-0.2, -0.15) is 13.2 Å². The van der Waals surface area contributed by atoms with Crippen LogP contribution in [0.2, 0.25) is 5.02 Å². The number of hydrogen-bond acceptors (Lipinski definition) is 3. The first-order valence-electron chi connectivity index (χ1n) is 8.11. The molecule has 140 valence electrons. The van der Waals surface area contributed by atoms with E-state index >= 15 is 0 Å². The molecule has 1 aliphatic rings. The standard InChI is InChI=1S/C18H17ClF4N2O/c19-15-9-13(18(21,22)23)10-24-16(15)25-11-17(4-6-26-7-5-17)12-2-1-3-14(20)8-12/h1-3,8-10H,4-7,11H2,(H,24,25). The van der Waals surface area contributed by atoms with Gasteiger partial charge >= 0.3 is 6.18 Å². The van der Waals surface area contributed by atoms with Crippen LogP contribution in [0.1, 0.15) is 24.0 Å². The van der Waals surface area contributed by atoms with Crippen molar-refractivity contribution in [3.63, 3.8) is 0 Å². The van der Waals surface area contributed by atoms with Crippen molar-refractivity contribution < 1.29 is 22.3 Å². The van der Waals surface area contributed by atoms with E-state index in [-0.39, 0.29) is 16.7 Å². The number of ether oxygens (including phenoxy) is 1. The first-order chi connectivity index (χ1) is 12.3. The number of halogens is 5. The van der Waals surface area contributed by atoms with Crippen molar-refractivity contribution in [1.29, 1.82) is 0 Å². The monoisotopic (exact) mass is 388 g/mol. The van der Waals surface area contributed by atoms with Crippen LogP contribution < -0.4 is 5.32 Å². The van der Waals surface area contributed by atoms with Crippen LogP contribution >= 0.6 is 11.6 Å². The maximum atomic E-state index is 13.7. The van der Waals surface area contributed by atoms with Crippen molar-refractivity contribution in [3.8, 4) is 0 Å². The summed E-state index contributed by atoms with van der Waals surface area (Å²) in [6.45, 7) is 1.40. The summed E-state index contributed by atoms with van der Waals surface area (Å²) >= 11 is 5.96. The van der Waals surface area contributed by atoms with E-state index in [0.717, 1.165) is 17.8 Å². The third-order valence-corrected chi connectivity index (χ3v) is 4.94. The molecule has 1 N–H and O–H groups in total. The van der Waals surface area contributed by atoms with Gasteiger partial charge in [0, 0.05) is 31.4 Å². The van der Waals surface area contributed by atoms with Crippen LogP contribution in [0.3, 0.4) is 0 Å². The summed E-state index contributed by atoms with van der Waals surface area (Å²) in [6, 6.07) is 7.19. The molecule has 0 atom stereocenters. The highest BCUT2D eigenvalue weighted by Gasteiger charge is 2.35. The Morgan fingerprint density at radius 1 is 1.19 bits per heavy atom. The van der Waals surface area contributed by atoms with Gasteiger partial charge in [-0.25, -0.2) is 9.37 Å². The van der Waals surface area contributed by atoms with E-state index in [2.05, 4.69) is 10.3 Å². The number of hydrogen-bond donors (Lipinski definition) is 1. The number of nitrogens with one attached hydrogen (secondary N) is 1. The lowest BCUT2D eigenvalue weighted by atomic mass is 9.74. The average molecular weight is 389 g/mol. The van der Waals surface area contributed by atoms with Gasteiger partial charge in [0.15, 0.2) is 0 Å². The molecule has 0 unspecified atom stereocenters. The van der Waals surface area contributed by atoms with Gasteiger partial charge in [-0.1, -0.05) is 23.7 Å². The number of benzene rings is 1. The molecule has 1 aliphatic heterocycles. The Bertz CT molecular complexity index is 776. The van der Waals surface area contributed by atoms with Gasteiger partial charge < -0.3 is 10.1 Å². The second kappa shape index (κ2) is 7.40. The highest BCUT2D eigenvalue weighted by Crippen LogP contribution is 2.37. The van der Waals surface area contributed by atoms with Gasteiger partial charge in [-0.15, -0.1) is 0 Å². The Kier molecular flexibility index (Phi) is 5.39. The van der Waals surface area contributed by atoms with Gasteiger partial charge in [-0.05, 0) is 36.6 Å². The average Bonchev–Trinajstić information content (AvgIpc) is 2.60. The maximum absolute atomic E-state index is 13.7. The van der Waals surface area contributed by atoms with Gasteiger partial charge in [-0.3, -0.25) is 0 Å². The lowest BCUT2D eigenvalue weighted by Gasteiger charge is -2.38. The van der Waals surface area contributed by atoms with Crippen molar-refractivity contribution in [2.24, 2.45) is 0 Å². The third-order valence-electron chi connectivity index (χ3n) is 4.65. The van der Waals surface area contributed by atoms with Crippen LogP contribution in [-0.4, -0.2) is 24.7 Å². The first-order valence-corrected chi connectivity index (χ1v) is 8.48. The zero-order valence-electron chi connectivity index (χ0n) is 13.7. The predicted molar refractivity (Wildman–Crippen MR) is 90.9 cm³/mol. The summed E-state index contributed by atoms with van der Waals surface area (Å²) in [6.07, 6.45) is -2.45. The van der Waals surface area contributed by atoms with Crippen LogP contribution in [0.25, 0.3) is 0 Å². The third kappa shape index (κ3) is 4.10. The molecule has 0 spiro atoms. The molecule has 1 fully saturated rings. The SMILES string of the molecule is Fc1cccc(C2(CNc3ncc(C(F)(F)F)cc3Cl)CCOCC2)c1. The van der Waals surface area contributed by atoms with E-state index in [9.17, 15) is 17.6 Å². The van der Waals surface area contributed by atoms with E-state index in [0.29, 0.717) is 32.6 Å². The fourth-order valence-corrected chi connectivity index (χ4v) is 3.36. The Hall–Kier alpha value is -1.86. The molecule has 2 heterocycles. The molecule has 8 heteroatoms. The summed E-state index contributed by atoms with van der Waals surface area (Å²) < 4.78 is 57.3. The first kappa shape index (κ1) is 18.9. The van der Waals surface area contributed by atoms with Crippen molar-refractivity contribution in [1.82, 2.24) is 4.98 Å². The summed E-state index contributed by atoms with van der Waals surface area (Å²) in [4.78, 5) is 3.80. The van der Waals surface area contributed by atoms with Gasteiger partial charge in [0.1, 0.15) is 11.6 Å². The summed E-state index contributed by atoms with van der Waals surface area (Å²) in [5.74, 6) is -0.166. The Morgan fingerprint density at radius 3 is 2.54 bits per heavy atom. The van der Waals surface area contributed by atoms with Crippen LogP contribution in [0.4, 0.5) is 23.4 Å². The zero-order chi connectivity index (χ0) is 18.8. The Morgan fingerprint density at radius 2 is 1.92 bits per heavy atom. The lowest BCUT2D eigenvalue weighted by molar-refractivity contribution is -0.137. The van der Waals surface area contributed by atoms with E-state index in [1.807, 2.05) is 6.07 Å². The molecule has 1 aromatic heterocycles. The fourth-order valence-electron chi connectivity index (χ4n) is 3.12. The molecule has 0 radical (unpaired) electrons. The Balaban J connectivity index is 1.83. The quantitative estimate of drug-likeness (QED) is 0.744. The number of rotatable bonds is 4. The van der Waals surface area contributed by atoms with E-state index < -0.39 is 17.2 Å². The molecular weight excluding hydrogens is 372 g/mol. The number of aromatic nitrogens is 1. The summed E-state index contributed by atoms with van der Waals surface area (Å²) in [5.41, 5.74) is -0.496. The normalized spacial score (nSPS) is 17.1. The summed E-state index contributed by atoms with van der Waals surface area (Å²) in [7, 11) is 0. The minimum Gasteiger partial charge on any atom is -0.381 e. The molecule has 1 saturated heterocycles. The molecule has 0 aliphatic carbocycles. The molecule has 26 heavy (non-hydrogen) atoms. The highest BCUT2D eigenvalue weighted by atomic mass is 35.5. The number of pyridine rings is 1.